The zero-order valence-electron chi connectivity index (χ0n) is 12.3. The second-order valence-corrected chi connectivity index (χ2v) is 5.22. The molecule has 124 valence electrons. The smallest absolute Gasteiger partial charge is 0.417 e. The molecule has 1 heterocycles. The molecule has 0 amide bonds. The molecule has 1 atom stereocenters. The summed E-state index contributed by atoms with van der Waals surface area (Å²) in [6, 6.07) is 8.37. The molecule has 0 aliphatic carbocycles. The Morgan fingerprint density at radius 2 is 1.96 bits per heavy atom. The third-order valence-corrected chi connectivity index (χ3v) is 3.55. The summed E-state index contributed by atoms with van der Waals surface area (Å²) in [7, 11) is 1.11. The Kier molecular flexibility index (Phi) is 5.10. The van der Waals surface area contributed by atoms with Gasteiger partial charge in [0.05, 0.1) is 12.7 Å². The van der Waals surface area contributed by atoms with Crippen LogP contribution in [-0.4, -0.2) is 18.1 Å². The number of hydrogen-bond acceptors (Lipinski definition) is 4. The molecular weight excluding hydrogens is 345 g/mol. The SMILES string of the molecule is COC(=O)C(c1ccc(Cl)cc1)c1cc(C(F)(F)F)cnc1C#N. The predicted octanol–water partition coefficient (Wildman–Crippen LogP) is 3.93. The fourth-order valence-electron chi connectivity index (χ4n) is 2.17. The lowest BCUT2D eigenvalue weighted by atomic mass is 9.89. The van der Waals surface area contributed by atoms with E-state index < -0.39 is 23.6 Å². The van der Waals surface area contributed by atoms with E-state index in [1.807, 2.05) is 0 Å². The van der Waals surface area contributed by atoms with Gasteiger partial charge >= 0.3 is 12.1 Å². The minimum absolute atomic E-state index is 0.179. The first kappa shape index (κ1) is 17.8. The Morgan fingerprint density at radius 1 is 1.33 bits per heavy atom. The Balaban J connectivity index is 2.67. The number of rotatable bonds is 3. The molecule has 0 aliphatic heterocycles. The zero-order valence-corrected chi connectivity index (χ0v) is 13.0. The first-order chi connectivity index (χ1) is 11.3. The van der Waals surface area contributed by atoms with Crippen LogP contribution >= 0.6 is 11.6 Å². The van der Waals surface area contributed by atoms with E-state index in [9.17, 15) is 18.0 Å². The van der Waals surface area contributed by atoms with Crippen molar-refractivity contribution in [2.75, 3.05) is 7.11 Å². The Labute approximate surface area is 140 Å². The van der Waals surface area contributed by atoms with Crippen LogP contribution in [0, 0.1) is 11.3 Å². The van der Waals surface area contributed by atoms with Gasteiger partial charge in [0.15, 0.2) is 0 Å². The van der Waals surface area contributed by atoms with Gasteiger partial charge in [0, 0.05) is 16.8 Å². The van der Waals surface area contributed by atoms with Crippen molar-refractivity contribution in [2.24, 2.45) is 0 Å². The molecule has 0 saturated heterocycles. The number of esters is 1. The van der Waals surface area contributed by atoms with Gasteiger partial charge in [-0.3, -0.25) is 4.79 Å². The number of carbonyl (C=O) groups excluding carboxylic acids is 1. The summed E-state index contributed by atoms with van der Waals surface area (Å²) in [4.78, 5) is 15.7. The molecule has 8 heteroatoms. The van der Waals surface area contributed by atoms with Gasteiger partial charge in [-0.15, -0.1) is 0 Å². The van der Waals surface area contributed by atoms with Crippen molar-refractivity contribution in [3.63, 3.8) is 0 Å². The number of nitriles is 1. The molecule has 0 fully saturated rings. The molecule has 0 spiro atoms. The summed E-state index contributed by atoms with van der Waals surface area (Å²) in [6.07, 6.45) is -4.10. The lowest BCUT2D eigenvalue weighted by Gasteiger charge is -2.18. The van der Waals surface area contributed by atoms with E-state index in [0.717, 1.165) is 13.2 Å². The maximum absolute atomic E-state index is 12.9. The molecule has 2 rings (SSSR count). The number of carbonyl (C=O) groups is 1. The summed E-state index contributed by atoms with van der Waals surface area (Å²) in [6.45, 7) is 0. The third-order valence-electron chi connectivity index (χ3n) is 3.30. The highest BCUT2D eigenvalue weighted by Gasteiger charge is 2.34. The van der Waals surface area contributed by atoms with Crippen LogP contribution < -0.4 is 0 Å². The van der Waals surface area contributed by atoms with Gasteiger partial charge in [-0.2, -0.15) is 18.4 Å². The topological polar surface area (TPSA) is 63.0 Å². The van der Waals surface area contributed by atoms with Crippen LogP contribution in [0.3, 0.4) is 0 Å². The van der Waals surface area contributed by atoms with Gasteiger partial charge in [0.2, 0.25) is 0 Å². The minimum atomic E-state index is -4.66. The van der Waals surface area contributed by atoms with Gasteiger partial charge in [-0.1, -0.05) is 23.7 Å². The molecule has 0 radical (unpaired) electrons. The van der Waals surface area contributed by atoms with Crippen LogP contribution in [0.25, 0.3) is 0 Å². The summed E-state index contributed by atoms with van der Waals surface area (Å²) < 4.78 is 43.5. The number of halogens is 4. The average Bonchev–Trinajstić information content (AvgIpc) is 2.55. The number of ether oxygens (including phenoxy) is 1. The molecule has 0 N–H and O–H groups in total. The van der Waals surface area contributed by atoms with Gasteiger partial charge in [0.1, 0.15) is 17.7 Å². The molecular formula is C16H10ClF3N2O2. The third kappa shape index (κ3) is 3.66. The molecule has 24 heavy (non-hydrogen) atoms. The molecule has 0 saturated carbocycles. The molecule has 1 aromatic carbocycles. The molecule has 4 nitrogen and oxygen atoms in total. The Bertz CT molecular complexity index is 798. The number of methoxy groups -OCH3 is 1. The standard InChI is InChI=1S/C16H10ClF3N2O2/c1-24-15(23)14(9-2-4-11(17)5-3-9)12-6-10(16(18,19)20)8-22-13(12)7-21/h2-6,8,14H,1H3. The number of aromatic nitrogens is 1. The molecule has 1 unspecified atom stereocenters. The van der Waals surface area contributed by atoms with E-state index in [0.29, 0.717) is 16.8 Å². The van der Waals surface area contributed by atoms with E-state index in [2.05, 4.69) is 9.72 Å². The normalized spacial score (nSPS) is 12.3. The highest BCUT2D eigenvalue weighted by molar-refractivity contribution is 6.30. The van der Waals surface area contributed by atoms with Gasteiger partial charge in [0.25, 0.3) is 0 Å². The lowest BCUT2D eigenvalue weighted by Crippen LogP contribution is -2.19. The zero-order chi connectivity index (χ0) is 17.9. The van der Waals surface area contributed by atoms with Crippen LogP contribution in [0.1, 0.15) is 28.3 Å². The van der Waals surface area contributed by atoms with Crippen LogP contribution in [0.4, 0.5) is 13.2 Å². The molecule has 0 bridgehead atoms. The Morgan fingerprint density at radius 3 is 2.46 bits per heavy atom. The summed E-state index contributed by atoms with van der Waals surface area (Å²) >= 11 is 5.79. The monoisotopic (exact) mass is 354 g/mol. The largest absolute Gasteiger partial charge is 0.468 e. The molecule has 2 aromatic rings. The summed E-state index contributed by atoms with van der Waals surface area (Å²) in [5, 5.41) is 9.53. The van der Waals surface area contributed by atoms with Gasteiger partial charge < -0.3 is 4.74 Å². The number of pyridine rings is 1. The van der Waals surface area contributed by atoms with Crippen molar-refractivity contribution >= 4 is 17.6 Å². The number of hydrogen-bond donors (Lipinski definition) is 0. The van der Waals surface area contributed by atoms with E-state index in [1.165, 1.54) is 24.3 Å². The fraction of sp³-hybridized carbons (Fsp3) is 0.188. The number of nitrogens with zero attached hydrogens (tertiary/aromatic N) is 2. The summed E-state index contributed by atoms with van der Waals surface area (Å²) in [5.74, 6) is -2.04. The maximum Gasteiger partial charge on any atom is 0.417 e. The van der Waals surface area contributed by atoms with Gasteiger partial charge in [-0.05, 0) is 23.8 Å². The first-order valence-corrected chi connectivity index (χ1v) is 6.96. The van der Waals surface area contributed by atoms with Gasteiger partial charge in [-0.25, -0.2) is 4.98 Å². The fourth-order valence-corrected chi connectivity index (χ4v) is 2.29. The van der Waals surface area contributed by atoms with Crippen molar-refractivity contribution in [3.05, 3.63) is 63.9 Å². The highest BCUT2D eigenvalue weighted by atomic mass is 35.5. The molecule has 0 aliphatic rings. The quantitative estimate of drug-likeness (QED) is 0.783. The van der Waals surface area contributed by atoms with E-state index >= 15 is 0 Å². The predicted molar refractivity (Wildman–Crippen MR) is 79.3 cm³/mol. The number of benzene rings is 1. The van der Waals surface area contributed by atoms with E-state index in [4.69, 9.17) is 16.9 Å². The maximum atomic E-state index is 12.9. The second-order valence-electron chi connectivity index (χ2n) is 4.78. The summed E-state index contributed by atoms with van der Waals surface area (Å²) in [5.41, 5.74) is -1.18. The van der Waals surface area contributed by atoms with Crippen molar-refractivity contribution in [1.29, 1.82) is 5.26 Å². The van der Waals surface area contributed by atoms with Crippen LogP contribution in [0.2, 0.25) is 5.02 Å². The van der Waals surface area contributed by atoms with Crippen LogP contribution in [0.5, 0.6) is 0 Å². The average molecular weight is 355 g/mol. The van der Waals surface area contributed by atoms with Crippen molar-refractivity contribution in [1.82, 2.24) is 4.98 Å². The van der Waals surface area contributed by atoms with Crippen molar-refractivity contribution in [3.8, 4) is 6.07 Å². The van der Waals surface area contributed by atoms with Crippen LogP contribution in [0.15, 0.2) is 36.5 Å². The van der Waals surface area contributed by atoms with E-state index in [1.54, 1.807) is 6.07 Å². The molecule has 1 aromatic heterocycles. The van der Waals surface area contributed by atoms with Crippen LogP contribution in [-0.2, 0) is 15.7 Å². The second kappa shape index (κ2) is 6.89. The van der Waals surface area contributed by atoms with Crippen molar-refractivity contribution < 1.29 is 22.7 Å². The van der Waals surface area contributed by atoms with Crippen molar-refractivity contribution in [2.45, 2.75) is 12.1 Å². The minimum Gasteiger partial charge on any atom is -0.468 e. The number of alkyl halides is 3. The highest BCUT2D eigenvalue weighted by Crippen LogP contribution is 2.34. The van der Waals surface area contributed by atoms with E-state index in [-0.39, 0.29) is 11.3 Å². The Hall–Kier alpha value is -2.59. The lowest BCUT2D eigenvalue weighted by molar-refractivity contribution is -0.142. The first-order valence-electron chi connectivity index (χ1n) is 6.58.